The molecule has 0 aliphatic carbocycles. The first kappa shape index (κ1) is 23.3. The van der Waals surface area contributed by atoms with Gasteiger partial charge in [-0.05, 0) is 43.5 Å². The minimum Gasteiger partial charge on any atom is -0.467 e. The maximum atomic E-state index is 13.1. The van der Waals surface area contributed by atoms with Gasteiger partial charge in [-0.2, -0.15) is 5.10 Å². The van der Waals surface area contributed by atoms with Gasteiger partial charge in [-0.25, -0.2) is 18.7 Å². The van der Waals surface area contributed by atoms with Crippen LogP contribution < -0.4 is 5.32 Å². The van der Waals surface area contributed by atoms with Gasteiger partial charge in [0.25, 0.3) is 5.91 Å². The van der Waals surface area contributed by atoms with E-state index < -0.39 is 36.3 Å². The van der Waals surface area contributed by atoms with Crippen LogP contribution in [0.25, 0.3) is 5.69 Å². The van der Waals surface area contributed by atoms with E-state index in [4.69, 9.17) is 16.3 Å². The number of nitrogens with one attached hydrogen (secondary N) is 1. The van der Waals surface area contributed by atoms with Crippen molar-refractivity contribution in [3.63, 3.8) is 0 Å². The first-order chi connectivity index (χ1) is 14.1. The Morgan fingerprint density at radius 1 is 1.23 bits per heavy atom. The van der Waals surface area contributed by atoms with Crippen molar-refractivity contribution in [1.82, 2.24) is 15.1 Å². The lowest BCUT2D eigenvalue weighted by Gasteiger charge is -2.18. The molecule has 1 heterocycles. The smallest absolute Gasteiger partial charge is 0.343 e. The van der Waals surface area contributed by atoms with Crippen LogP contribution in [0.3, 0.4) is 0 Å². The van der Waals surface area contributed by atoms with Gasteiger partial charge in [0.15, 0.2) is 6.61 Å². The van der Waals surface area contributed by atoms with Crippen LogP contribution in [0.2, 0.25) is 5.15 Å². The minimum absolute atomic E-state index is 0.0134. The number of amides is 1. The number of hydrogen-bond donors (Lipinski definition) is 1. The normalized spacial score (nSPS) is 11.8. The van der Waals surface area contributed by atoms with Crippen LogP contribution in [0.1, 0.15) is 36.3 Å². The molecule has 10 heteroatoms. The van der Waals surface area contributed by atoms with Gasteiger partial charge in [-0.3, -0.25) is 4.79 Å². The zero-order valence-corrected chi connectivity index (χ0v) is 17.8. The van der Waals surface area contributed by atoms with E-state index in [1.807, 2.05) is 13.8 Å². The predicted molar refractivity (Wildman–Crippen MR) is 107 cm³/mol. The fourth-order valence-electron chi connectivity index (χ4n) is 2.75. The van der Waals surface area contributed by atoms with Gasteiger partial charge >= 0.3 is 11.9 Å². The number of benzene rings is 1. The van der Waals surface area contributed by atoms with Gasteiger partial charge < -0.3 is 14.8 Å². The standard InChI is InChI=1S/C20H23ClFN3O5/c1-11(2)9-15(19(27)29-4)23-16(26)10-30-20(28)17-12(3)24-25(18(17)21)14-7-5-13(22)6-8-14/h5-8,11,15H,9-10H2,1-4H3,(H,23,26). The van der Waals surface area contributed by atoms with Gasteiger partial charge in [0.2, 0.25) is 0 Å². The van der Waals surface area contributed by atoms with Gasteiger partial charge in [0.1, 0.15) is 22.6 Å². The third-order valence-electron chi connectivity index (χ3n) is 4.14. The summed E-state index contributed by atoms with van der Waals surface area (Å²) in [6.07, 6.45) is 0.377. The van der Waals surface area contributed by atoms with Crippen molar-refractivity contribution in [1.29, 1.82) is 0 Å². The number of hydrogen-bond acceptors (Lipinski definition) is 6. The summed E-state index contributed by atoms with van der Waals surface area (Å²) in [7, 11) is 1.23. The van der Waals surface area contributed by atoms with Crippen molar-refractivity contribution >= 4 is 29.4 Å². The second-order valence-electron chi connectivity index (χ2n) is 6.99. The Morgan fingerprint density at radius 3 is 2.43 bits per heavy atom. The highest BCUT2D eigenvalue weighted by Gasteiger charge is 2.25. The summed E-state index contributed by atoms with van der Waals surface area (Å²) in [5.74, 6) is -2.37. The molecule has 1 aromatic carbocycles. The number of aromatic nitrogens is 2. The summed E-state index contributed by atoms with van der Waals surface area (Å²) in [4.78, 5) is 36.4. The topological polar surface area (TPSA) is 99.5 Å². The lowest BCUT2D eigenvalue weighted by Crippen LogP contribution is -2.44. The van der Waals surface area contributed by atoms with Crippen molar-refractivity contribution in [2.75, 3.05) is 13.7 Å². The number of esters is 2. The summed E-state index contributed by atoms with van der Waals surface area (Å²) in [6.45, 7) is 4.73. The van der Waals surface area contributed by atoms with Crippen LogP contribution >= 0.6 is 11.6 Å². The molecule has 2 aromatic rings. The highest BCUT2D eigenvalue weighted by atomic mass is 35.5. The average molecular weight is 440 g/mol. The molecule has 30 heavy (non-hydrogen) atoms. The Bertz CT molecular complexity index is 927. The van der Waals surface area contributed by atoms with Crippen molar-refractivity contribution in [2.24, 2.45) is 5.92 Å². The SMILES string of the molecule is COC(=O)C(CC(C)C)NC(=O)COC(=O)c1c(C)nn(-c2ccc(F)cc2)c1Cl. The Morgan fingerprint density at radius 2 is 1.87 bits per heavy atom. The number of ether oxygens (including phenoxy) is 2. The summed E-state index contributed by atoms with van der Waals surface area (Å²) in [6, 6.07) is 4.54. The van der Waals surface area contributed by atoms with E-state index in [1.54, 1.807) is 6.92 Å². The first-order valence-corrected chi connectivity index (χ1v) is 9.57. The van der Waals surface area contributed by atoms with Crippen LogP contribution in [-0.2, 0) is 19.1 Å². The fraction of sp³-hybridized carbons (Fsp3) is 0.400. The van der Waals surface area contributed by atoms with Gasteiger partial charge in [0, 0.05) is 0 Å². The van der Waals surface area contributed by atoms with Crippen LogP contribution in [0.15, 0.2) is 24.3 Å². The van der Waals surface area contributed by atoms with Crippen LogP contribution in [0.4, 0.5) is 4.39 Å². The molecule has 0 radical (unpaired) electrons. The fourth-order valence-corrected chi connectivity index (χ4v) is 3.10. The number of rotatable bonds is 8. The Kier molecular flexibility index (Phi) is 7.93. The molecule has 0 saturated carbocycles. The molecule has 0 aliphatic rings. The van der Waals surface area contributed by atoms with Crippen LogP contribution in [-0.4, -0.2) is 47.4 Å². The number of carbonyl (C=O) groups excluding carboxylic acids is 3. The lowest BCUT2D eigenvalue weighted by atomic mass is 10.0. The molecule has 1 aromatic heterocycles. The molecule has 0 fully saturated rings. The van der Waals surface area contributed by atoms with E-state index in [0.29, 0.717) is 12.1 Å². The second-order valence-corrected chi connectivity index (χ2v) is 7.35. The van der Waals surface area contributed by atoms with Gasteiger partial charge in [0.05, 0.1) is 18.5 Å². The first-order valence-electron chi connectivity index (χ1n) is 9.19. The molecule has 2 rings (SSSR count). The lowest BCUT2D eigenvalue weighted by molar-refractivity contribution is -0.145. The molecule has 0 bridgehead atoms. The van der Waals surface area contributed by atoms with E-state index in [2.05, 4.69) is 15.2 Å². The Labute approximate surface area is 178 Å². The quantitative estimate of drug-likeness (QED) is 0.635. The van der Waals surface area contributed by atoms with E-state index in [-0.39, 0.29) is 22.3 Å². The minimum atomic E-state index is -0.848. The zero-order chi connectivity index (χ0) is 22.4. The van der Waals surface area contributed by atoms with Crippen molar-refractivity contribution < 1.29 is 28.2 Å². The van der Waals surface area contributed by atoms with Gasteiger partial charge in [-0.15, -0.1) is 0 Å². The molecule has 1 atom stereocenters. The molecule has 1 unspecified atom stereocenters. The molecule has 1 N–H and O–H groups in total. The molecular formula is C20H23ClFN3O5. The summed E-state index contributed by atoms with van der Waals surface area (Å²) in [5.41, 5.74) is 0.721. The van der Waals surface area contributed by atoms with Crippen molar-refractivity contribution in [3.8, 4) is 5.69 Å². The van der Waals surface area contributed by atoms with E-state index in [9.17, 15) is 18.8 Å². The summed E-state index contributed by atoms with van der Waals surface area (Å²) >= 11 is 6.26. The highest BCUT2D eigenvalue weighted by molar-refractivity contribution is 6.33. The summed E-state index contributed by atoms with van der Waals surface area (Å²) in [5, 5.41) is 6.63. The predicted octanol–water partition coefficient (Wildman–Crippen LogP) is 2.83. The molecule has 8 nitrogen and oxygen atoms in total. The second kappa shape index (κ2) is 10.2. The molecule has 1 amide bonds. The Balaban J connectivity index is 2.06. The van der Waals surface area contributed by atoms with Crippen molar-refractivity contribution in [3.05, 3.63) is 46.5 Å². The zero-order valence-electron chi connectivity index (χ0n) is 17.1. The number of halogens is 2. The van der Waals surface area contributed by atoms with Crippen LogP contribution in [0, 0.1) is 18.7 Å². The largest absolute Gasteiger partial charge is 0.467 e. The maximum Gasteiger partial charge on any atom is 0.343 e. The number of nitrogens with zero attached hydrogens (tertiary/aromatic N) is 2. The molecule has 162 valence electrons. The number of aryl methyl sites for hydroxylation is 1. The van der Waals surface area contributed by atoms with E-state index >= 15 is 0 Å². The molecule has 0 spiro atoms. The van der Waals surface area contributed by atoms with Gasteiger partial charge in [-0.1, -0.05) is 25.4 Å². The van der Waals surface area contributed by atoms with E-state index in [1.165, 1.54) is 36.1 Å². The highest BCUT2D eigenvalue weighted by Crippen LogP contribution is 2.24. The third kappa shape index (κ3) is 5.79. The number of carbonyl (C=O) groups is 3. The third-order valence-corrected chi connectivity index (χ3v) is 4.49. The maximum absolute atomic E-state index is 13.1. The van der Waals surface area contributed by atoms with Crippen LogP contribution in [0.5, 0.6) is 0 Å². The van der Waals surface area contributed by atoms with Crippen molar-refractivity contribution in [2.45, 2.75) is 33.2 Å². The molecule has 0 saturated heterocycles. The monoisotopic (exact) mass is 439 g/mol. The number of methoxy groups -OCH3 is 1. The molecular weight excluding hydrogens is 417 g/mol. The Hall–Kier alpha value is -2.94. The average Bonchev–Trinajstić information content (AvgIpc) is 2.99. The van der Waals surface area contributed by atoms with E-state index in [0.717, 1.165) is 0 Å². The summed E-state index contributed by atoms with van der Waals surface area (Å²) < 4.78 is 24.1. The molecule has 0 aliphatic heterocycles.